The molecular weight excluding hydrogens is 350 g/mol. The highest BCUT2D eigenvalue weighted by Gasteiger charge is 2.53. The van der Waals surface area contributed by atoms with Crippen LogP contribution in [0.5, 0.6) is 5.75 Å². The van der Waals surface area contributed by atoms with E-state index in [0.29, 0.717) is 6.42 Å². The minimum absolute atomic E-state index is 0.00715. The smallest absolute Gasteiger partial charge is 0.161 e. The van der Waals surface area contributed by atoms with Crippen molar-refractivity contribution >= 4 is 5.78 Å². The van der Waals surface area contributed by atoms with Gasteiger partial charge in [-0.2, -0.15) is 0 Å². The summed E-state index contributed by atoms with van der Waals surface area (Å²) in [5.41, 5.74) is 10.2. The van der Waals surface area contributed by atoms with Gasteiger partial charge >= 0.3 is 0 Å². The van der Waals surface area contributed by atoms with Crippen LogP contribution in [0.4, 0.5) is 0 Å². The number of para-hydroxylation sites is 1. The molecule has 0 bridgehead atoms. The number of ketones is 1. The van der Waals surface area contributed by atoms with E-state index in [-0.39, 0.29) is 40.7 Å². The van der Waals surface area contributed by atoms with Crippen molar-refractivity contribution in [2.24, 2.45) is 16.7 Å². The predicted molar refractivity (Wildman–Crippen MR) is 111 cm³/mol. The van der Waals surface area contributed by atoms with Gasteiger partial charge in [-0.05, 0) is 23.3 Å². The van der Waals surface area contributed by atoms with Gasteiger partial charge in [0, 0.05) is 41.1 Å². The van der Waals surface area contributed by atoms with Crippen LogP contribution in [0.2, 0.25) is 0 Å². The molecule has 5 nitrogen and oxygen atoms in total. The van der Waals surface area contributed by atoms with E-state index < -0.39 is 0 Å². The van der Waals surface area contributed by atoms with Crippen molar-refractivity contribution in [3.63, 3.8) is 0 Å². The van der Waals surface area contributed by atoms with Crippen molar-refractivity contribution in [2.45, 2.75) is 65.6 Å². The monoisotopic (exact) mass is 383 g/mol. The van der Waals surface area contributed by atoms with Gasteiger partial charge in [-0.1, -0.05) is 52.8 Å². The number of Topliss-reactive ketones (excluding diaryl/α,β-unsaturated/α-hetero) is 1. The number of ether oxygens (including phenoxy) is 1. The van der Waals surface area contributed by atoms with Crippen LogP contribution in [-0.4, -0.2) is 25.1 Å². The largest absolute Gasteiger partial charge is 0.496 e. The number of rotatable bonds is 2. The number of allylic oxidation sites excluding steroid dienone is 2. The maximum Gasteiger partial charge on any atom is 0.161 e. The molecule has 0 amide bonds. The maximum atomic E-state index is 13.4. The molecule has 0 spiro atoms. The van der Waals surface area contributed by atoms with E-state index in [1.54, 1.807) is 7.11 Å². The van der Waals surface area contributed by atoms with Gasteiger partial charge in [0.1, 0.15) is 5.75 Å². The van der Waals surface area contributed by atoms with Gasteiger partial charge in [0.05, 0.1) is 13.3 Å². The topological polar surface area (TPSA) is 62.4 Å². The number of benzene rings is 1. The second-order valence-corrected chi connectivity index (χ2v) is 10.4. The summed E-state index contributed by atoms with van der Waals surface area (Å²) in [6.45, 7) is 11.1. The number of fused-ring (bicyclic) bond motifs is 1. The molecule has 0 saturated carbocycles. The fourth-order valence-electron chi connectivity index (χ4n) is 5.37. The van der Waals surface area contributed by atoms with E-state index in [2.05, 4.69) is 56.9 Å². The predicted octanol–water partition coefficient (Wildman–Crippen LogP) is 3.49. The molecule has 1 aromatic carbocycles. The second kappa shape index (κ2) is 6.60. The molecule has 0 aromatic heterocycles. The molecule has 1 fully saturated rings. The van der Waals surface area contributed by atoms with Gasteiger partial charge in [-0.3, -0.25) is 10.2 Å². The Morgan fingerprint density at radius 2 is 1.82 bits per heavy atom. The van der Waals surface area contributed by atoms with Crippen LogP contribution in [0.1, 0.15) is 58.9 Å². The number of methoxy groups -OCH3 is 1. The third-order valence-corrected chi connectivity index (χ3v) is 6.52. The Labute approximate surface area is 168 Å². The first kappa shape index (κ1) is 19.5. The van der Waals surface area contributed by atoms with E-state index in [4.69, 9.17) is 4.74 Å². The minimum Gasteiger partial charge on any atom is -0.496 e. The van der Waals surface area contributed by atoms with Crippen molar-refractivity contribution in [3.05, 3.63) is 41.1 Å². The molecule has 5 heteroatoms. The zero-order chi connectivity index (χ0) is 20.3. The highest BCUT2D eigenvalue weighted by molar-refractivity contribution is 5.99. The zero-order valence-corrected chi connectivity index (χ0v) is 17.8. The van der Waals surface area contributed by atoms with Crippen molar-refractivity contribution in [3.8, 4) is 5.75 Å². The van der Waals surface area contributed by atoms with E-state index in [1.165, 1.54) is 0 Å². The van der Waals surface area contributed by atoms with Crippen LogP contribution in [0, 0.1) is 16.7 Å². The lowest BCUT2D eigenvalue weighted by molar-refractivity contribution is -0.119. The third-order valence-electron chi connectivity index (χ3n) is 6.52. The lowest BCUT2D eigenvalue weighted by Gasteiger charge is -2.46. The number of hydrazine groups is 1. The van der Waals surface area contributed by atoms with E-state index in [0.717, 1.165) is 29.0 Å². The average molecular weight is 384 g/mol. The Bertz CT molecular complexity index is 821. The Kier molecular flexibility index (Phi) is 4.59. The van der Waals surface area contributed by atoms with Gasteiger partial charge in [-0.15, -0.1) is 0 Å². The van der Waals surface area contributed by atoms with Crippen LogP contribution in [0.25, 0.3) is 0 Å². The fraction of sp³-hybridized carbons (Fsp3) is 0.609. The lowest BCUT2D eigenvalue weighted by atomic mass is 9.63. The number of hydrogen-bond acceptors (Lipinski definition) is 5. The molecule has 1 saturated heterocycles. The quantitative estimate of drug-likeness (QED) is 0.730. The van der Waals surface area contributed by atoms with Gasteiger partial charge in [-0.25, -0.2) is 5.43 Å². The number of carbonyl (C=O) groups excluding carboxylic acids is 1. The summed E-state index contributed by atoms with van der Waals surface area (Å²) in [6.07, 6.45) is 1.57. The molecule has 1 aliphatic carbocycles. The maximum absolute atomic E-state index is 13.4. The Hall–Kier alpha value is -1.85. The SMILES string of the molecule is COc1ccccc1C1C2=C(CC(C)(C)CC2=O)NC2NNC(C(C)(C)C)C21. The Morgan fingerprint density at radius 1 is 1.11 bits per heavy atom. The molecule has 4 rings (SSSR count). The van der Waals surface area contributed by atoms with Crippen molar-refractivity contribution in [2.75, 3.05) is 7.11 Å². The molecule has 0 radical (unpaired) electrons. The minimum atomic E-state index is -0.0173. The van der Waals surface area contributed by atoms with Crippen molar-refractivity contribution < 1.29 is 9.53 Å². The first-order valence-corrected chi connectivity index (χ1v) is 10.3. The highest BCUT2D eigenvalue weighted by atomic mass is 16.5. The third kappa shape index (κ3) is 3.15. The molecule has 1 aromatic rings. The number of carbonyl (C=O) groups is 1. The molecule has 2 heterocycles. The Balaban J connectivity index is 1.90. The molecule has 4 atom stereocenters. The lowest BCUT2D eigenvalue weighted by Crippen LogP contribution is -2.53. The van der Waals surface area contributed by atoms with Gasteiger partial charge < -0.3 is 10.1 Å². The van der Waals surface area contributed by atoms with Crippen LogP contribution in [-0.2, 0) is 4.79 Å². The van der Waals surface area contributed by atoms with Gasteiger partial charge in [0.25, 0.3) is 0 Å². The molecule has 3 N–H and O–H groups in total. The Morgan fingerprint density at radius 3 is 2.50 bits per heavy atom. The van der Waals surface area contributed by atoms with E-state index >= 15 is 0 Å². The van der Waals surface area contributed by atoms with E-state index in [1.807, 2.05) is 18.2 Å². The summed E-state index contributed by atoms with van der Waals surface area (Å²) in [5.74, 6) is 1.35. The summed E-state index contributed by atoms with van der Waals surface area (Å²) in [7, 11) is 1.71. The first-order valence-electron chi connectivity index (χ1n) is 10.3. The summed E-state index contributed by atoms with van der Waals surface area (Å²) in [5, 5.41) is 3.69. The van der Waals surface area contributed by atoms with Crippen LogP contribution in [0.3, 0.4) is 0 Å². The zero-order valence-electron chi connectivity index (χ0n) is 17.8. The average Bonchev–Trinajstić information content (AvgIpc) is 3.02. The van der Waals surface area contributed by atoms with Gasteiger partial charge in [0.15, 0.2) is 5.78 Å². The summed E-state index contributed by atoms with van der Waals surface area (Å²) >= 11 is 0. The number of hydrogen-bond donors (Lipinski definition) is 3. The normalized spacial score (nSPS) is 31.9. The van der Waals surface area contributed by atoms with Crippen molar-refractivity contribution in [1.82, 2.24) is 16.2 Å². The summed E-state index contributed by atoms with van der Waals surface area (Å²) in [6, 6.07) is 8.40. The molecule has 2 aliphatic heterocycles. The van der Waals surface area contributed by atoms with Gasteiger partial charge in [0.2, 0.25) is 0 Å². The standard InChI is InChI=1S/C23H33N3O2/c1-22(2,3)20-19-17(13-9-7-8-10-16(13)28-6)18-14(24-21(19)26-25-20)11-23(4,5)12-15(18)27/h7-10,17,19-21,24-26H,11-12H2,1-6H3. The molecular formula is C23H33N3O2. The molecule has 28 heavy (non-hydrogen) atoms. The molecule has 3 aliphatic rings. The highest BCUT2D eigenvalue weighted by Crippen LogP contribution is 2.51. The van der Waals surface area contributed by atoms with E-state index in [9.17, 15) is 4.79 Å². The van der Waals surface area contributed by atoms with Crippen LogP contribution >= 0.6 is 0 Å². The fourth-order valence-corrected chi connectivity index (χ4v) is 5.37. The summed E-state index contributed by atoms with van der Waals surface area (Å²) < 4.78 is 5.73. The summed E-state index contributed by atoms with van der Waals surface area (Å²) in [4.78, 5) is 13.4. The molecule has 152 valence electrons. The van der Waals surface area contributed by atoms with Crippen LogP contribution < -0.4 is 20.9 Å². The second-order valence-electron chi connectivity index (χ2n) is 10.4. The first-order chi connectivity index (χ1) is 13.1. The van der Waals surface area contributed by atoms with Crippen LogP contribution in [0.15, 0.2) is 35.5 Å². The molecule has 4 unspecified atom stereocenters. The number of nitrogens with one attached hydrogen (secondary N) is 3. The van der Waals surface area contributed by atoms with Crippen molar-refractivity contribution in [1.29, 1.82) is 0 Å².